The van der Waals surface area contributed by atoms with Gasteiger partial charge in [-0.05, 0) is 19.1 Å². The summed E-state index contributed by atoms with van der Waals surface area (Å²) >= 11 is 12.1. The maximum atomic E-state index is 11.9. The molecule has 0 bridgehead atoms. The van der Waals surface area contributed by atoms with Crippen molar-refractivity contribution in [2.45, 2.75) is 12.8 Å². The van der Waals surface area contributed by atoms with Gasteiger partial charge in [-0.15, -0.1) is 0 Å². The highest BCUT2D eigenvalue weighted by molar-refractivity contribution is 7.84. The third kappa shape index (κ3) is 4.26. The van der Waals surface area contributed by atoms with Crippen LogP contribution in [0.2, 0.25) is 10.0 Å². The fourth-order valence-electron chi connectivity index (χ4n) is 1.53. The molecule has 0 spiro atoms. The first-order valence-corrected chi connectivity index (χ1v) is 7.93. The molecule has 3 nitrogen and oxygen atoms in total. The van der Waals surface area contributed by atoms with Crippen LogP contribution in [0.15, 0.2) is 18.2 Å². The Morgan fingerprint density at radius 2 is 1.94 bits per heavy atom. The molecular weight excluding hydrogens is 293 g/mol. The van der Waals surface area contributed by atoms with Crippen molar-refractivity contribution < 1.29 is 9.00 Å². The fourth-order valence-corrected chi connectivity index (χ4v) is 2.64. The molecule has 0 aliphatic heterocycles. The molecule has 1 amide bonds. The van der Waals surface area contributed by atoms with Gasteiger partial charge >= 0.3 is 0 Å². The van der Waals surface area contributed by atoms with Gasteiger partial charge < -0.3 is 5.32 Å². The van der Waals surface area contributed by atoms with E-state index >= 15 is 0 Å². The van der Waals surface area contributed by atoms with E-state index in [4.69, 9.17) is 23.2 Å². The van der Waals surface area contributed by atoms with Crippen LogP contribution < -0.4 is 5.32 Å². The van der Waals surface area contributed by atoms with E-state index in [0.29, 0.717) is 27.9 Å². The summed E-state index contributed by atoms with van der Waals surface area (Å²) in [5, 5.41) is 3.67. The van der Waals surface area contributed by atoms with E-state index in [1.807, 2.05) is 0 Å². The Morgan fingerprint density at radius 3 is 2.44 bits per heavy atom. The first-order chi connectivity index (χ1) is 8.43. The molecule has 2 atom stereocenters. The van der Waals surface area contributed by atoms with Crippen LogP contribution in [0, 0.1) is 0 Å². The average molecular weight is 308 g/mol. The van der Waals surface area contributed by atoms with Crippen LogP contribution in [-0.2, 0) is 15.6 Å². The predicted octanol–water partition coefficient (Wildman–Crippen LogP) is 2.59. The van der Waals surface area contributed by atoms with E-state index < -0.39 is 16.7 Å². The molecule has 0 aliphatic carbocycles. The highest BCUT2D eigenvalue weighted by atomic mass is 35.5. The predicted molar refractivity (Wildman–Crippen MR) is 76.8 cm³/mol. The summed E-state index contributed by atoms with van der Waals surface area (Å²) in [6.45, 7) is 2.12. The summed E-state index contributed by atoms with van der Waals surface area (Å²) in [7, 11) is -0.915. The molecule has 0 heterocycles. The van der Waals surface area contributed by atoms with E-state index in [1.54, 1.807) is 31.4 Å². The number of benzene rings is 1. The zero-order valence-corrected chi connectivity index (χ0v) is 12.5. The molecule has 0 aromatic heterocycles. The maximum absolute atomic E-state index is 11.9. The smallest absolute Gasteiger partial charge is 0.227 e. The van der Waals surface area contributed by atoms with Gasteiger partial charge in [-0.1, -0.05) is 29.3 Å². The highest BCUT2D eigenvalue weighted by Gasteiger charge is 2.20. The van der Waals surface area contributed by atoms with Crippen LogP contribution in [0.25, 0.3) is 0 Å². The van der Waals surface area contributed by atoms with Gasteiger partial charge in [0.05, 0.1) is 5.92 Å². The Hall–Kier alpha value is -0.580. The summed E-state index contributed by atoms with van der Waals surface area (Å²) in [6.07, 6.45) is 1.60. The summed E-state index contributed by atoms with van der Waals surface area (Å²) in [5.41, 5.74) is 0.621. The standard InChI is InChI=1S/C12H15Cl2NO2S/c1-8(12(16)15-6-7-18(2)17)11-9(13)4-3-5-10(11)14/h3-5,8H,6-7H2,1-2H3,(H,15,16). The highest BCUT2D eigenvalue weighted by Crippen LogP contribution is 2.31. The van der Waals surface area contributed by atoms with Crippen LogP contribution in [0.4, 0.5) is 0 Å². The third-order valence-corrected chi connectivity index (χ3v) is 3.95. The quantitative estimate of drug-likeness (QED) is 0.909. The van der Waals surface area contributed by atoms with Crippen molar-refractivity contribution >= 4 is 39.9 Å². The van der Waals surface area contributed by atoms with E-state index in [2.05, 4.69) is 5.32 Å². The number of rotatable bonds is 5. The normalized spacial score (nSPS) is 14.0. The number of hydrogen-bond acceptors (Lipinski definition) is 2. The zero-order valence-electron chi connectivity index (χ0n) is 10.2. The lowest BCUT2D eigenvalue weighted by molar-refractivity contribution is -0.122. The van der Waals surface area contributed by atoms with Gasteiger partial charge in [-0.25, -0.2) is 0 Å². The minimum absolute atomic E-state index is 0.171. The molecule has 18 heavy (non-hydrogen) atoms. The molecule has 1 aromatic carbocycles. The Kier molecular flexibility index (Phi) is 6.12. The average Bonchev–Trinajstić information content (AvgIpc) is 2.27. The number of carbonyl (C=O) groups excluding carboxylic acids is 1. The molecule has 0 radical (unpaired) electrons. The number of nitrogens with one attached hydrogen (secondary N) is 1. The van der Waals surface area contributed by atoms with Crippen LogP contribution in [0.1, 0.15) is 18.4 Å². The van der Waals surface area contributed by atoms with Crippen LogP contribution in [0.5, 0.6) is 0 Å². The molecule has 1 aromatic rings. The largest absolute Gasteiger partial charge is 0.355 e. The van der Waals surface area contributed by atoms with Gasteiger partial charge in [-0.2, -0.15) is 0 Å². The summed E-state index contributed by atoms with van der Waals surface area (Å²) in [6, 6.07) is 5.14. The Labute approximate surface area is 119 Å². The molecule has 1 rings (SSSR count). The van der Waals surface area contributed by atoms with E-state index in [1.165, 1.54) is 0 Å². The molecule has 1 N–H and O–H groups in total. The second-order valence-electron chi connectivity index (χ2n) is 3.93. The van der Waals surface area contributed by atoms with Crippen LogP contribution in [-0.4, -0.2) is 28.7 Å². The lowest BCUT2D eigenvalue weighted by Gasteiger charge is -2.15. The molecular formula is C12H15Cl2NO2S. The minimum Gasteiger partial charge on any atom is -0.355 e. The minimum atomic E-state index is -0.915. The number of halogens is 2. The first-order valence-electron chi connectivity index (χ1n) is 5.45. The Bertz CT molecular complexity index is 445. The van der Waals surface area contributed by atoms with Gasteiger partial charge in [-0.3, -0.25) is 9.00 Å². The van der Waals surface area contributed by atoms with Crippen molar-refractivity contribution in [2.75, 3.05) is 18.6 Å². The molecule has 0 aliphatic rings. The molecule has 0 saturated carbocycles. The van der Waals surface area contributed by atoms with Gasteiger partial charge in [0.15, 0.2) is 0 Å². The molecule has 6 heteroatoms. The van der Waals surface area contributed by atoms with E-state index in [-0.39, 0.29) is 5.91 Å². The molecule has 0 fully saturated rings. The Balaban J connectivity index is 2.71. The maximum Gasteiger partial charge on any atom is 0.227 e. The summed E-state index contributed by atoms with van der Waals surface area (Å²) in [5.74, 6) is -0.165. The van der Waals surface area contributed by atoms with Crippen molar-refractivity contribution in [1.82, 2.24) is 5.32 Å². The molecule has 100 valence electrons. The van der Waals surface area contributed by atoms with Gasteiger partial charge in [0.25, 0.3) is 0 Å². The number of amides is 1. The third-order valence-electron chi connectivity index (χ3n) is 2.51. The van der Waals surface area contributed by atoms with Crippen LogP contribution in [0.3, 0.4) is 0 Å². The van der Waals surface area contributed by atoms with E-state index in [9.17, 15) is 9.00 Å². The number of hydrogen-bond donors (Lipinski definition) is 1. The van der Waals surface area contributed by atoms with Crippen molar-refractivity contribution in [3.8, 4) is 0 Å². The monoisotopic (exact) mass is 307 g/mol. The lowest BCUT2D eigenvalue weighted by atomic mass is 10.0. The van der Waals surface area contributed by atoms with Gasteiger partial charge in [0, 0.05) is 45.0 Å². The number of carbonyl (C=O) groups is 1. The molecule has 0 saturated heterocycles. The van der Waals surface area contributed by atoms with Gasteiger partial charge in [0.1, 0.15) is 0 Å². The first kappa shape index (κ1) is 15.5. The Morgan fingerprint density at radius 1 is 1.39 bits per heavy atom. The molecule has 2 unspecified atom stereocenters. The van der Waals surface area contributed by atoms with Gasteiger partial charge in [0.2, 0.25) is 5.91 Å². The zero-order chi connectivity index (χ0) is 13.7. The second-order valence-corrected chi connectivity index (χ2v) is 6.29. The van der Waals surface area contributed by atoms with Crippen LogP contribution >= 0.6 is 23.2 Å². The van der Waals surface area contributed by atoms with Crippen molar-refractivity contribution in [3.05, 3.63) is 33.8 Å². The second kappa shape index (κ2) is 7.12. The van der Waals surface area contributed by atoms with Crippen molar-refractivity contribution in [1.29, 1.82) is 0 Å². The summed E-state index contributed by atoms with van der Waals surface area (Å²) in [4.78, 5) is 11.9. The topological polar surface area (TPSA) is 46.2 Å². The SMILES string of the molecule is CC(C(=O)NCCS(C)=O)c1c(Cl)cccc1Cl. The van der Waals surface area contributed by atoms with E-state index in [0.717, 1.165) is 0 Å². The fraction of sp³-hybridized carbons (Fsp3) is 0.417. The van der Waals surface area contributed by atoms with Crippen molar-refractivity contribution in [3.63, 3.8) is 0 Å². The summed E-state index contributed by atoms with van der Waals surface area (Å²) < 4.78 is 10.9. The van der Waals surface area contributed by atoms with Crippen molar-refractivity contribution in [2.24, 2.45) is 0 Å². The lowest BCUT2D eigenvalue weighted by Crippen LogP contribution is -2.31.